The summed E-state index contributed by atoms with van der Waals surface area (Å²) in [5, 5.41) is 0.439. The zero-order valence-corrected chi connectivity index (χ0v) is 21.0. The summed E-state index contributed by atoms with van der Waals surface area (Å²) in [5.74, 6) is 2.39. The standard InChI is InChI=1S/C25H28ClN3O2S2/c1-2-3-12-27-13-4-5-25(30)23-18-21(26)8-11-24(23)28-33(31)19-20-6-9-22(10-7-20)29-14-16-32-17-15-29/h3-13,18,28H,2,14-17,19H2,1H3/b5-4+,12-3-,27-13-. The first-order chi connectivity index (χ1) is 16.1. The first kappa shape index (κ1) is 25.3. The molecule has 1 N–H and O–H groups in total. The molecule has 0 aliphatic carbocycles. The summed E-state index contributed by atoms with van der Waals surface area (Å²) in [6.07, 6.45) is 9.04. The molecule has 1 atom stereocenters. The van der Waals surface area contributed by atoms with Crippen LogP contribution in [0.25, 0.3) is 0 Å². The van der Waals surface area contributed by atoms with Crippen LogP contribution in [0.2, 0.25) is 5.02 Å². The third-order valence-corrected chi connectivity index (χ3v) is 7.15. The number of aliphatic imine (C=N–C) groups is 1. The number of anilines is 2. The molecule has 2 aromatic carbocycles. The molecule has 8 heteroatoms. The van der Waals surface area contributed by atoms with Gasteiger partial charge in [-0.3, -0.25) is 9.79 Å². The average Bonchev–Trinajstić information content (AvgIpc) is 2.83. The maximum absolute atomic E-state index is 12.8. The van der Waals surface area contributed by atoms with Crippen LogP contribution in [0.15, 0.2) is 71.9 Å². The second-order valence-corrected chi connectivity index (χ2v) is 10.2. The molecule has 5 nitrogen and oxygen atoms in total. The molecule has 1 unspecified atom stereocenters. The molecule has 0 aromatic heterocycles. The van der Waals surface area contributed by atoms with E-state index in [0.29, 0.717) is 22.0 Å². The van der Waals surface area contributed by atoms with Gasteiger partial charge in [0, 0.05) is 53.3 Å². The Bertz CT molecular complexity index is 1050. The van der Waals surface area contributed by atoms with Crippen LogP contribution in [0.5, 0.6) is 0 Å². The zero-order chi connectivity index (χ0) is 23.5. The first-order valence-electron chi connectivity index (χ1n) is 10.8. The molecule has 3 rings (SSSR count). The van der Waals surface area contributed by atoms with Crippen molar-refractivity contribution in [3.05, 3.63) is 83.0 Å². The number of thioether (sulfide) groups is 1. The maximum Gasteiger partial charge on any atom is 0.188 e. The van der Waals surface area contributed by atoms with Gasteiger partial charge in [0.25, 0.3) is 0 Å². The van der Waals surface area contributed by atoms with Gasteiger partial charge in [-0.05, 0) is 54.5 Å². The van der Waals surface area contributed by atoms with Gasteiger partial charge in [0.15, 0.2) is 5.78 Å². The fourth-order valence-corrected chi connectivity index (χ4v) is 5.30. The van der Waals surface area contributed by atoms with E-state index in [9.17, 15) is 9.00 Å². The van der Waals surface area contributed by atoms with Gasteiger partial charge in [-0.25, -0.2) is 4.21 Å². The Hall–Kier alpha value is -2.35. The van der Waals surface area contributed by atoms with Crippen molar-refractivity contribution in [1.82, 2.24) is 0 Å². The van der Waals surface area contributed by atoms with E-state index in [1.54, 1.807) is 36.7 Å². The van der Waals surface area contributed by atoms with E-state index in [4.69, 9.17) is 11.6 Å². The number of hydrogen-bond acceptors (Lipinski definition) is 5. The van der Waals surface area contributed by atoms with E-state index < -0.39 is 11.0 Å². The highest BCUT2D eigenvalue weighted by Gasteiger charge is 2.14. The number of allylic oxidation sites excluding steroid dienone is 3. The summed E-state index contributed by atoms with van der Waals surface area (Å²) in [5.41, 5.74) is 3.01. The lowest BCUT2D eigenvalue weighted by atomic mass is 10.1. The first-order valence-corrected chi connectivity index (χ1v) is 13.7. The number of nitrogens with zero attached hydrogens (tertiary/aromatic N) is 2. The number of carbonyl (C=O) groups is 1. The molecule has 0 saturated carbocycles. The molecule has 1 heterocycles. The molecule has 0 bridgehead atoms. The summed E-state index contributed by atoms with van der Waals surface area (Å²) in [6.45, 7) is 4.13. The fraction of sp³-hybridized carbons (Fsp3) is 0.280. The molecular formula is C25H28ClN3O2S2. The molecule has 2 aromatic rings. The van der Waals surface area contributed by atoms with Crippen LogP contribution < -0.4 is 9.62 Å². The summed E-state index contributed by atoms with van der Waals surface area (Å²) in [6, 6.07) is 13.1. The molecule has 1 fully saturated rings. The van der Waals surface area contributed by atoms with Crippen LogP contribution >= 0.6 is 23.4 Å². The predicted octanol–water partition coefficient (Wildman–Crippen LogP) is 5.90. The summed E-state index contributed by atoms with van der Waals surface area (Å²) in [7, 11) is -1.40. The van der Waals surface area contributed by atoms with Crippen LogP contribution in [0.3, 0.4) is 0 Å². The summed E-state index contributed by atoms with van der Waals surface area (Å²) in [4.78, 5) is 19.1. The van der Waals surface area contributed by atoms with Gasteiger partial charge in [-0.2, -0.15) is 11.8 Å². The molecule has 1 aliphatic heterocycles. The third-order valence-electron chi connectivity index (χ3n) is 4.93. The lowest BCUT2D eigenvalue weighted by Gasteiger charge is -2.28. The van der Waals surface area contributed by atoms with Crippen molar-refractivity contribution >= 4 is 57.7 Å². The van der Waals surface area contributed by atoms with Gasteiger partial charge in [-0.1, -0.05) is 36.7 Å². The number of rotatable bonds is 10. The number of benzene rings is 2. The Balaban J connectivity index is 1.63. The van der Waals surface area contributed by atoms with Crippen LogP contribution in [0, 0.1) is 0 Å². The Labute approximate surface area is 207 Å². The minimum Gasteiger partial charge on any atom is -0.370 e. The number of halogens is 1. The third kappa shape index (κ3) is 8.18. The van der Waals surface area contributed by atoms with E-state index in [1.807, 2.05) is 36.9 Å². The topological polar surface area (TPSA) is 61.8 Å². The predicted molar refractivity (Wildman–Crippen MR) is 144 cm³/mol. The largest absolute Gasteiger partial charge is 0.370 e. The van der Waals surface area contributed by atoms with Crippen LogP contribution in [0.1, 0.15) is 29.3 Å². The maximum atomic E-state index is 12.8. The number of carbonyl (C=O) groups excluding carboxylic acids is 1. The van der Waals surface area contributed by atoms with Gasteiger partial charge < -0.3 is 9.62 Å². The Kier molecular flexibility index (Phi) is 10.2. The lowest BCUT2D eigenvalue weighted by Crippen LogP contribution is -2.32. The van der Waals surface area contributed by atoms with Gasteiger partial charge in [0.2, 0.25) is 0 Å². The van der Waals surface area contributed by atoms with Gasteiger partial charge >= 0.3 is 0 Å². The highest BCUT2D eigenvalue weighted by Crippen LogP contribution is 2.24. The number of nitrogens with one attached hydrogen (secondary N) is 1. The van der Waals surface area contributed by atoms with Crippen molar-refractivity contribution in [3.63, 3.8) is 0 Å². The SMILES string of the molecule is CC\C=C/N=C\C=C\C(=O)c1cc(Cl)ccc1NS(=O)Cc1ccc(N2CCSCC2)cc1. The quantitative estimate of drug-likeness (QED) is 0.250. The van der Waals surface area contributed by atoms with Crippen LogP contribution in [-0.2, 0) is 16.7 Å². The Morgan fingerprint density at radius 1 is 1.21 bits per heavy atom. The zero-order valence-electron chi connectivity index (χ0n) is 18.6. The van der Waals surface area contributed by atoms with Crippen molar-refractivity contribution < 1.29 is 9.00 Å². The monoisotopic (exact) mass is 501 g/mol. The highest BCUT2D eigenvalue weighted by atomic mass is 35.5. The van der Waals surface area contributed by atoms with Crippen LogP contribution in [0.4, 0.5) is 11.4 Å². The Morgan fingerprint density at radius 2 is 1.97 bits per heavy atom. The smallest absolute Gasteiger partial charge is 0.188 e. The molecule has 1 aliphatic rings. The van der Waals surface area contributed by atoms with E-state index in [-0.39, 0.29) is 5.78 Å². The van der Waals surface area contributed by atoms with Crippen molar-refractivity contribution in [1.29, 1.82) is 0 Å². The molecule has 33 heavy (non-hydrogen) atoms. The highest BCUT2D eigenvalue weighted by molar-refractivity contribution is 7.99. The molecule has 1 saturated heterocycles. The second-order valence-electron chi connectivity index (χ2n) is 7.36. The van der Waals surface area contributed by atoms with E-state index in [1.165, 1.54) is 11.8 Å². The van der Waals surface area contributed by atoms with E-state index in [2.05, 4.69) is 26.7 Å². The Morgan fingerprint density at radius 3 is 2.70 bits per heavy atom. The van der Waals surface area contributed by atoms with Crippen molar-refractivity contribution in [2.45, 2.75) is 19.1 Å². The average molecular weight is 502 g/mol. The molecule has 0 amide bonds. The van der Waals surface area contributed by atoms with Crippen molar-refractivity contribution in [3.8, 4) is 0 Å². The fourth-order valence-electron chi connectivity index (χ4n) is 3.23. The van der Waals surface area contributed by atoms with E-state index >= 15 is 0 Å². The van der Waals surface area contributed by atoms with E-state index in [0.717, 1.165) is 36.6 Å². The second kappa shape index (κ2) is 13.4. The lowest BCUT2D eigenvalue weighted by molar-refractivity contribution is 0.104. The molecule has 0 radical (unpaired) electrons. The van der Waals surface area contributed by atoms with Crippen LogP contribution in [-0.4, -0.2) is 40.8 Å². The molecular weight excluding hydrogens is 474 g/mol. The number of ketones is 1. The van der Waals surface area contributed by atoms with Gasteiger partial charge in [0.05, 0.1) is 11.4 Å². The summed E-state index contributed by atoms with van der Waals surface area (Å²) < 4.78 is 15.7. The molecule has 0 spiro atoms. The summed E-state index contributed by atoms with van der Waals surface area (Å²) >= 11 is 8.09. The van der Waals surface area contributed by atoms with Crippen molar-refractivity contribution in [2.75, 3.05) is 34.2 Å². The molecule has 174 valence electrons. The van der Waals surface area contributed by atoms with Gasteiger partial charge in [0.1, 0.15) is 11.0 Å². The van der Waals surface area contributed by atoms with Crippen molar-refractivity contribution in [2.24, 2.45) is 4.99 Å². The minimum absolute atomic E-state index is 0.244. The minimum atomic E-state index is -1.40. The normalized spacial score (nSPS) is 15.5. The van der Waals surface area contributed by atoms with Gasteiger partial charge in [-0.15, -0.1) is 0 Å². The number of hydrogen-bond donors (Lipinski definition) is 1.